The fourth-order valence-electron chi connectivity index (χ4n) is 3.31. The average molecular weight is 447 g/mol. The van der Waals surface area contributed by atoms with Crippen LogP contribution in [0.15, 0.2) is 66.2 Å². The first kappa shape index (κ1) is 21.6. The van der Waals surface area contributed by atoms with Gasteiger partial charge in [-0.25, -0.2) is 0 Å². The summed E-state index contributed by atoms with van der Waals surface area (Å²) in [5, 5.41) is 13.0. The number of hydrogen-bond acceptors (Lipinski definition) is 6. The lowest BCUT2D eigenvalue weighted by atomic mass is 10.1. The van der Waals surface area contributed by atoms with E-state index >= 15 is 0 Å². The third-order valence-electron chi connectivity index (χ3n) is 5.04. The van der Waals surface area contributed by atoms with Gasteiger partial charge in [-0.15, -0.1) is 21.5 Å². The van der Waals surface area contributed by atoms with Gasteiger partial charge in [-0.2, -0.15) is 0 Å². The van der Waals surface area contributed by atoms with Crippen LogP contribution in [0.5, 0.6) is 0 Å². The number of ketones is 2. The number of hydrogen-bond donors (Lipinski definition) is 1. The zero-order valence-corrected chi connectivity index (χ0v) is 18.2. The molecule has 162 valence electrons. The molecule has 0 aliphatic rings. The van der Waals surface area contributed by atoms with Gasteiger partial charge in [-0.1, -0.05) is 24.3 Å². The van der Waals surface area contributed by atoms with Gasteiger partial charge in [0.2, 0.25) is 5.91 Å². The maximum absolute atomic E-state index is 12.2. The molecule has 7 nitrogen and oxygen atoms in total. The topological polar surface area (TPSA) is 93.4 Å². The highest BCUT2D eigenvalue weighted by Crippen LogP contribution is 2.15. The van der Waals surface area contributed by atoms with E-state index in [4.69, 9.17) is 0 Å². The molecule has 0 bridgehead atoms. The van der Waals surface area contributed by atoms with E-state index in [9.17, 15) is 14.4 Å². The van der Waals surface area contributed by atoms with E-state index in [0.29, 0.717) is 17.0 Å². The van der Waals surface area contributed by atoms with Crippen molar-refractivity contribution in [2.24, 2.45) is 0 Å². The maximum Gasteiger partial charge on any atom is 0.224 e. The first-order valence-corrected chi connectivity index (χ1v) is 11.2. The number of anilines is 1. The molecule has 0 radical (unpaired) electrons. The maximum atomic E-state index is 12.2. The number of pyridine rings is 1. The van der Waals surface area contributed by atoms with Crippen molar-refractivity contribution in [3.63, 3.8) is 0 Å². The molecular weight excluding hydrogens is 424 g/mol. The fourth-order valence-corrected chi connectivity index (χ4v) is 4.01. The van der Waals surface area contributed by atoms with Crippen molar-refractivity contribution < 1.29 is 14.4 Å². The number of carbonyl (C=O) groups excluding carboxylic acids is 3. The van der Waals surface area contributed by atoms with Crippen molar-refractivity contribution in [1.82, 2.24) is 14.6 Å². The number of amides is 1. The van der Waals surface area contributed by atoms with E-state index in [1.165, 1.54) is 11.3 Å². The largest absolute Gasteiger partial charge is 0.326 e. The molecule has 32 heavy (non-hydrogen) atoms. The van der Waals surface area contributed by atoms with Crippen LogP contribution in [0.2, 0.25) is 0 Å². The highest BCUT2D eigenvalue weighted by Gasteiger charge is 2.12. The van der Waals surface area contributed by atoms with Gasteiger partial charge in [0.05, 0.1) is 4.88 Å². The molecule has 1 aromatic carbocycles. The van der Waals surface area contributed by atoms with Crippen LogP contribution in [0.4, 0.5) is 5.69 Å². The molecule has 1 N–H and O–H groups in total. The Morgan fingerprint density at radius 3 is 2.47 bits per heavy atom. The number of fused-ring (bicyclic) bond motifs is 1. The number of rotatable bonds is 10. The van der Waals surface area contributed by atoms with Crippen molar-refractivity contribution >= 4 is 40.1 Å². The van der Waals surface area contributed by atoms with Crippen LogP contribution < -0.4 is 5.32 Å². The van der Waals surface area contributed by atoms with Crippen LogP contribution in [-0.2, 0) is 16.0 Å². The van der Waals surface area contributed by atoms with Crippen molar-refractivity contribution in [1.29, 1.82) is 0 Å². The summed E-state index contributed by atoms with van der Waals surface area (Å²) in [5.74, 6) is 0.505. The van der Waals surface area contributed by atoms with Crippen molar-refractivity contribution in [3.8, 4) is 0 Å². The number of nitrogens with zero attached hydrogens (tertiary/aromatic N) is 3. The number of Topliss-reactive ketones (excluding diaryl/α,β-unsaturated/α-hetero) is 2. The van der Waals surface area contributed by atoms with E-state index in [1.807, 2.05) is 64.5 Å². The quantitative estimate of drug-likeness (QED) is 0.366. The molecule has 0 saturated heterocycles. The Morgan fingerprint density at radius 1 is 0.875 bits per heavy atom. The Morgan fingerprint density at radius 2 is 1.69 bits per heavy atom. The second kappa shape index (κ2) is 10.1. The van der Waals surface area contributed by atoms with Crippen LogP contribution in [0, 0.1) is 0 Å². The third kappa shape index (κ3) is 5.53. The highest BCUT2D eigenvalue weighted by atomic mass is 32.1. The second-order valence-corrected chi connectivity index (χ2v) is 8.35. The van der Waals surface area contributed by atoms with Crippen molar-refractivity contribution in [2.45, 2.75) is 32.1 Å². The summed E-state index contributed by atoms with van der Waals surface area (Å²) < 4.78 is 1.95. The summed E-state index contributed by atoms with van der Waals surface area (Å²) in [6, 6.07) is 16.9. The predicted octanol–water partition coefficient (Wildman–Crippen LogP) is 4.33. The summed E-state index contributed by atoms with van der Waals surface area (Å²) in [6.07, 6.45) is 3.12. The van der Waals surface area contributed by atoms with Crippen LogP contribution in [0.3, 0.4) is 0 Å². The highest BCUT2D eigenvalue weighted by molar-refractivity contribution is 7.12. The summed E-state index contributed by atoms with van der Waals surface area (Å²) in [6.45, 7) is 0. The minimum Gasteiger partial charge on any atom is -0.326 e. The molecule has 0 unspecified atom stereocenters. The van der Waals surface area contributed by atoms with Gasteiger partial charge in [0.1, 0.15) is 11.6 Å². The molecule has 0 saturated carbocycles. The molecule has 3 aromatic heterocycles. The SMILES string of the molecule is O=C(CCC(=O)Nc1ccc(Cc2nnc3ccccn23)cc1)CCC(=O)c1cccs1. The molecule has 0 aliphatic heterocycles. The van der Waals surface area contributed by atoms with Crippen LogP contribution >= 0.6 is 11.3 Å². The summed E-state index contributed by atoms with van der Waals surface area (Å²) in [5.41, 5.74) is 2.52. The Labute approximate surface area is 189 Å². The number of aromatic nitrogens is 3. The average Bonchev–Trinajstić information content (AvgIpc) is 3.48. The predicted molar refractivity (Wildman–Crippen MR) is 123 cm³/mol. The smallest absolute Gasteiger partial charge is 0.224 e. The minimum atomic E-state index is -0.223. The lowest BCUT2D eigenvalue weighted by molar-refractivity contribution is -0.122. The van der Waals surface area contributed by atoms with E-state index in [0.717, 1.165) is 17.0 Å². The van der Waals surface area contributed by atoms with Gasteiger partial charge >= 0.3 is 0 Å². The third-order valence-corrected chi connectivity index (χ3v) is 5.95. The van der Waals surface area contributed by atoms with Crippen LogP contribution in [-0.4, -0.2) is 32.1 Å². The van der Waals surface area contributed by atoms with Crippen molar-refractivity contribution in [2.75, 3.05) is 5.32 Å². The summed E-state index contributed by atoms with van der Waals surface area (Å²) in [7, 11) is 0. The minimum absolute atomic E-state index is 0.0305. The van der Waals surface area contributed by atoms with Crippen LogP contribution in [0.25, 0.3) is 5.65 Å². The normalized spacial score (nSPS) is 10.9. The van der Waals surface area contributed by atoms with E-state index in [-0.39, 0.29) is 43.2 Å². The molecule has 1 amide bonds. The Balaban J connectivity index is 1.22. The molecule has 0 spiro atoms. The second-order valence-electron chi connectivity index (χ2n) is 7.41. The van der Waals surface area contributed by atoms with Gasteiger partial charge in [0, 0.05) is 44.0 Å². The first-order chi connectivity index (χ1) is 15.6. The molecule has 0 aliphatic carbocycles. The molecule has 0 fully saturated rings. The van der Waals surface area contributed by atoms with Crippen molar-refractivity contribution in [3.05, 3.63) is 82.4 Å². The van der Waals surface area contributed by atoms with E-state index in [2.05, 4.69) is 15.5 Å². The summed E-state index contributed by atoms with van der Waals surface area (Å²) >= 11 is 1.37. The Hall–Kier alpha value is -3.65. The van der Waals surface area contributed by atoms with Gasteiger partial charge in [0.15, 0.2) is 11.4 Å². The van der Waals surface area contributed by atoms with Gasteiger partial charge in [0.25, 0.3) is 0 Å². The molecule has 4 rings (SSSR count). The standard InChI is InChI=1S/C24H22N4O3S/c29-19(10-12-20(30)21-4-3-15-32-21)11-13-24(31)25-18-8-6-17(7-9-18)16-23-27-26-22-5-1-2-14-28(22)23/h1-9,14-15H,10-13,16H2,(H,25,31). The number of thiophene rings is 1. The molecular formula is C24H22N4O3S. The molecule has 4 aromatic rings. The van der Waals surface area contributed by atoms with E-state index < -0.39 is 0 Å². The van der Waals surface area contributed by atoms with Crippen LogP contribution in [0.1, 0.15) is 46.7 Å². The van der Waals surface area contributed by atoms with E-state index in [1.54, 1.807) is 6.07 Å². The molecule has 0 atom stereocenters. The monoisotopic (exact) mass is 446 g/mol. The lowest BCUT2D eigenvalue weighted by Gasteiger charge is -2.06. The first-order valence-electron chi connectivity index (χ1n) is 10.3. The number of benzene rings is 1. The fraction of sp³-hybridized carbons (Fsp3) is 0.208. The summed E-state index contributed by atoms with van der Waals surface area (Å²) in [4.78, 5) is 36.8. The lowest BCUT2D eigenvalue weighted by Crippen LogP contribution is -2.14. The molecule has 8 heteroatoms. The zero-order valence-electron chi connectivity index (χ0n) is 17.4. The number of carbonyl (C=O) groups is 3. The molecule has 3 heterocycles. The van der Waals surface area contributed by atoms with Gasteiger partial charge in [-0.3, -0.25) is 18.8 Å². The Kier molecular flexibility index (Phi) is 6.81. The van der Waals surface area contributed by atoms with Gasteiger partial charge in [-0.05, 0) is 41.3 Å². The number of nitrogens with one attached hydrogen (secondary N) is 1. The zero-order chi connectivity index (χ0) is 22.3. The van der Waals surface area contributed by atoms with Gasteiger partial charge < -0.3 is 5.32 Å². The Bertz CT molecular complexity index is 1230.